The van der Waals surface area contributed by atoms with Crippen LogP contribution in [-0.4, -0.2) is 24.5 Å². The van der Waals surface area contributed by atoms with Crippen LogP contribution < -0.4 is 10.6 Å². The first-order valence-corrected chi connectivity index (χ1v) is 5.78. The molecule has 0 bridgehead atoms. The van der Waals surface area contributed by atoms with Gasteiger partial charge >= 0.3 is 0 Å². The van der Waals surface area contributed by atoms with Gasteiger partial charge in [-0.2, -0.15) is 0 Å². The Bertz CT molecular complexity index is 209. The zero-order valence-corrected chi connectivity index (χ0v) is 8.88. The van der Waals surface area contributed by atoms with Gasteiger partial charge < -0.3 is 10.6 Å². The highest BCUT2D eigenvalue weighted by Crippen LogP contribution is 2.32. The summed E-state index contributed by atoms with van der Waals surface area (Å²) < 4.78 is 0. The van der Waals surface area contributed by atoms with E-state index in [-0.39, 0.29) is 5.91 Å². The van der Waals surface area contributed by atoms with Crippen LogP contribution in [0.5, 0.6) is 0 Å². The molecular formula is C11H20N2O. The van der Waals surface area contributed by atoms with Crippen molar-refractivity contribution >= 4 is 5.91 Å². The van der Waals surface area contributed by atoms with E-state index in [0.29, 0.717) is 18.5 Å². The molecule has 2 rings (SSSR count). The van der Waals surface area contributed by atoms with Crippen molar-refractivity contribution in [3.05, 3.63) is 0 Å². The SMILES string of the molecule is CC(NCCC(=O)NC1CC1)C1CC1. The number of hydrogen-bond acceptors (Lipinski definition) is 2. The van der Waals surface area contributed by atoms with Gasteiger partial charge in [0.1, 0.15) is 0 Å². The number of nitrogens with one attached hydrogen (secondary N) is 2. The molecule has 0 aromatic rings. The van der Waals surface area contributed by atoms with Crippen molar-refractivity contribution in [2.24, 2.45) is 5.92 Å². The van der Waals surface area contributed by atoms with Crippen molar-refractivity contribution in [3.8, 4) is 0 Å². The highest BCUT2D eigenvalue weighted by molar-refractivity contribution is 5.76. The van der Waals surface area contributed by atoms with Crippen molar-refractivity contribution in [1.29, 1.82) is 0 Å². The summed E-state index contributed by atoms with van der Waals surface area (Å²) >= 11 is 0. The Kier molecular flexibility index (Phi) is 3.06. The highest BCUT2D eigenvalue weighted by atomic mass is 16.1. The van der Waals surface area contributed by atoms with Gasteiger partial charge in [-0.15, -0.1) is 0 Å². The fourth-order valence-electron chi connectivity index (χ4n) is 1.70. The van der Waals surface area contributed by atoms with E-state index in [2.05, 4.69) is 17.6 Å². The van der Waals surface area contributed by atoms with E-state index in [1.54, 1.807) is 0 Å². The lowest BCUT2D eigenvalue weighted by Crippen LogP contribution is -2.33. The van der Waals surface area contributed by atoms with Crippen LogP contribution in [0.2, 0.25) is 0 Å². The van der Waals surface area contributed by atoms with E-state index in [4.69, 9.17) is 0 Å². The maximum atomic E-state index is 11.3. The van der Waals surface area contributed by atoms with Gasteiger partial charge in [-0.25, -0.2) is 0 Å². The topological polar surface area (TPSA) is 41.1 Å². The van der Waals surface area contributed by atoms with Gasteiger partial charge in [-0.1, -0.05) is 0 Å². The van der Waals surface area contributed by atoms with Crippen molar-refractivity contribution in [2.75, 3.05) is 6.54 Å². The minimum absolute atomic E-state index is 0.211. The number of rotatable bonds is 6. The average Bonchev–Trinajstić information content (AvgIpc) is 2.99. The van der Waals surface area contributed by atoms with Crippen molar-refractivity contribution in [2.45, 2.75) is 51.1 Å². The Balaban J connectivity index is 1.50. The van der Waals surface area contributed by atoms with Crippen molar-refractivity contribution in [3.63, 3.8) is 0 Å². The molecule has 2 aliphatic rings. The van der Waals surface area contributed by atoms with E-state index in [9.17, 15) is 4.79 Å². The molecule has 14 heavy (non-hydrogen) atoms. The molecule has 0 radical (unpaired) electrons. The van der Waals surface area contributed by atoms with Crippen LogP contribution in [0.15, 0.2) is 0 Å². The molecule has 3 nitrogen and oxygen atoms in total. The number of hydrogen-bond donors (Lipinski definition) is 2. The molecule has 0 heterocycles. The molecule has 2 fully saturated rings. The maximum Gasteiger partial charge on any atom is 0.221 e. The first kappa shape index (κ1) is 9.97. The Hall–Kier alpha value is -0.570. The predicted octanol–water partition coefficient (Wildman–Crippen LogP) is 1.04. The largest absolute Gasteiger partial charge is 0.353 e. The third-order valence-electron chi connectivity index (χ3n) is 3.09. The summed E-state index contributed by atoms with van der Waals surface area (Å²) in [5, 5.41) is 6.40. The molecule has 0 aromatic carbocycles. The molecule has 2 aliphatic carbocycles. The lowest BCUT2D eigenvalue weighted by Gasteiger charge is -2.12. The smallest absolute Gasteiger partial charge is 0.221 e. The fraction of sp³-hybridized carbons (Fsp3) is 0.909. The highest BCUT2D eigenvalue weighted by Gasteiger charge is 2.27. The van der Waals surface area contributed by atoms with Crippen LogP contribution in [0.1, 0.15) is 39.0 Å². The van der Waals surface area contributed by atoms with E-state index in [0.717, 1.165) is 12.5 Å². The molecule has 0 aromatic heterocycles. The third kappa shape index (κ3) is 3.29. The molecular weight excluding hydrogens is 176 g/mol. The second-order valence-corrected chi connectivity index (χ2v) is 4.67. The fourth-order valence-corrected chi connectivity index (χ4v) is 1.70. The van der Waals surface area contributed by atoms with Crippen molar-refractivity contribution in [1.82, 2.24) is 10.6 Å². The summed E-state index contributed by atoms with van der Waals surface area (Å²) in [6.45, 7) is 3.05. The minimum Gasteiger partial charge on any atom is -0.353 e. The van der Waals surface area contributed by atoms with E-state index >= 15 is 0 Å². The lowest BCUT2D eigenvalue weighted by atomic mass is 10.2. The second-order valence-electron chi connectivity index (χ2n) is 4.67. The van der Waals surface area contributed by atoms with Gasteiger partial charge in [0.25, 0.3) is 0 Å². The normalized spacial score (nSPS) is 23.2. The predicted molar refractivity (Wildman–Crippen MR) is 56.0 cm³/mol. The molecule has 0 saturated heterocycles. The van der Waals surface area contributed by atoms with Gasteiger partial charge in [0.05, 0.1) is 0 Å². The zero-order chi connectivity index (χ0) is 9.97. The Morgan fingerprint density at radius 1 is 1.36 bits per heavy atom. The van der Waals surface area contributed by atoms with Gasteiger partial charge in [-0.3, -0.25) is 4.79 Å². The van der Waals surface area contributed by atoms with Gasteiger partial charge in [0, 0.05) is 25.0 Å². The summed E-state index contributed by atoms with van der Waals surface area (Å²) in [4.78, 5) is 11.3. The van der Waals surface area contributed by atoms with E-state index in [1.807, 2.05) is 0 Å². The van der Waals surface area contributed by atoms with Gasteiger partial charge in [0.2, 0.25) is 5.91 Å². The Morgan fingerprint density at radius 3 is 2.64 bits per heavy atom. The standard InChI is InChI=1S/C11H20N2O/c1-8(9-2-3-9)12-7-6-11(14)13-10-4-5-10/h8-10,12H,2-7H2,1H3,(H,13,14). The quantitative estimate of drug-likeness (QED) is 0.666. The molecule has 2 saturated carbocycles. The van der Waals surface area contributed by atoms with E-state index in [1.165, 1.54) is 25.7 Å². The molecule has 0 aliphatic heterocycles. The molecule has 1 unspecified atom stereocenters. The zero-order valence-electron chi connectivity index (χ0n) is 8.88. The Morgan fingerprint density at radius 2 is 2.07 bits per heavy atom. The summed E-state index contributed by atoms with van der Waals surface area (Å²) in [7, 11) is 0. The molecule has 80 valence electrons. The third-order valence-corrected chi connectivity index (χ3v) is 3.09. The summed E-state index contributed by atoms with van der Waals surface area (Å²) in [6, 6.07) is 1.10. The van der Waals surface area contributed by atoms with Crippen LogP contribution >= 0.6 is 0 Å². The number of amides is 1. The Labute approximate surface area is 85.6 Å². The first-order valence-electron chi connectivity index (χ1n) is 5.78. The maximum absolute atomic E-state index is 11.3. The minimum atomic E-state index is 0.211. The van der Waals surface area contributed by atoms with Crippen LogP contribution in [-0.2, 0) is 4.79 Å². The first-order chi connectivity index (χ1) is 6.75. The average molecular weight is 196 g/mol. The van der Waals surface area contributed by atoms with Crippen LogP contribution in [0.4, 0.5) is 0 Å². The number of carbonyl (C=O) groups excluding carboxylic acids is 1. The summed E-state index contributed by atoms with van der Waals surface area (Å²) in [5.41, 5.74) is 0. The summed E-state index contributed by atoms with van der Waals surface area (Å²) in [5.74, 6) is 1.09. The molecule has 1 amide bonds. The molecule has 1 atom stereocenters. The number of carbonyl (C=O) groups is 1. The molecule has 0 spiro atoms. The summed E-state index contributed by atoms with van der Waals surface area (Å²) in [6.07, 6.45) is 5.72. The van der Waals surface area contributed by atoms with Gasteiger partial charge in [-0.05, 0) is 38.5 Å². The van der Waals surface area contributed by atoms with Crippen LogP contribution in [0.25, 0.3) is 0 Å². The van der Waals surface area contributed by atoms with Crippen LogP contribution in [0.3, 0.4) is 0 Å². The molecule has 3 heteroatoms. The second kappa shape index (κ2) is 4.30. The lowest BCUT2D eigenvalue weighted by molar-refractivity contribution is -0.121. The monoisotopic (exact) mass is 196 g/mol. The molecule has 2 N–H and O–H groups in total. The van der Waals surface area contributed by atoms with E-state index < -0.39 is 0 Å². The van der Waals surface area contributed by atoms with Crippen molar-refractivity contribution < 1.29 is 4.79 Å². The van der Waals surface area contributed by atoms with Gasteiger partial charge in [0.15, 0.2) is 0 Å². The van der Waals surface area contributed by atoms with Crippen LogP contribution in [0, 0.1) is 5.92 Å².